The molecule has 0 spiro atoms. The van der Waals surface area contributed by atoms with Gasteiger partial charge >= 0.3 is 5.97 Å². The Balaban J connectivity index is 1.37. The second-order valence-electron chi connectivity index (χ2n) is 11.2. The smallest absolute Gasteiger partial charge is 0.335 e. The van der Waals surface area contributed by atoms with Crippen molar-refractivity contribution in [3.63, 3.8) is 0 Å². The number of aromatic nitrogens is 5. The number of benzene rings is 2. The van der Waals surface area contributed by atoms with Crippen LogP contribution in [0.4, 0.5) is 0 Å². The standard InChI is InChI=1S/C31H33N5O3/c37-31(38)23-10-11-26-27(17-23)35-19-24(30-32-34-36(33-30)18-20-12-14-39-15-13-20)16-22-8-4-5-9-25(22)29(35)28(26)21-6-2-1-3-7-21/h4-5,8-11,16-17,20-21H,1-3,6-7,12-15,18-19H2,(H,37,38). The van der Waals surface area contributed by atoms with E-state index >= 15 is 0 Å². The molecule has 200 valence electrons. The molecule has 8 heteroatoms. The average molecular weight is 524 g/mol. The highest BCUT2D eigenvalue weighted by Crippen LogP contribution is 2.47. The summed E-state index contributed by atoms with van der Waals surface area (Å²) < 4.78 is 7.82. The van der Waals surface area contributed by atoms with Crippen molar-refractivity contribution in [2.75, 3.05) is 13.2 Å². The highest BCUT2D eigenvalue weighted by atomic mass is 16.5. The van der Waals surface area contributed by atoms with E-state index in [9.17, 15) is 9.90 Å². The lowest BCUT2D eigenvalue weighted by atomic mass is 9.81. The molecule has 1 N–H and O–H groups in total. The number of aromatic carboxylic acids is 1. The number of nitrogens with zero attached hydrogens (tertiary/aromatic N) is 5. The largest absolute Gasteiger partial charge is 0.478 e. The molecule has 4 aromatic rings. The van der Waals surface area contributed by atoms with E-state index in [1.54, 1.807) is 10.9 Å². The minimum absolute atomic E-state index is 0.307. The van der Waals surface area contributed by atoms with Crippen LogP contribution < -0.4 is 0 Å². The first kappa shape index (κ1) is 24.3. The number of carbonyl (C=O) groups is 1. The second kappa shape index (κ2) is 10.1. The summed E-state index contributed by atoms with van der Waals surface area (Å²) in [6, 6.07) is 14.1. The molecule has 1 saturated heterocycles. The van der Waals surface area contributed by atoms with E-state index in [0.29, 0.717) is 29.8 Å². The first-order valence-corrected chi connectivity index (χ1v) is 14.2. The lowest BCUT2D eigenvalue weighted by Gasteiger charge is -2.24. The van der Waals surface area contributed by atoms with Crippen LogP contribution in [0.5, 0.6) is 0 Å². The minimum atomic E-state index is -0.908. The Kier molecular flexibility index (Phi) is 6.27. The van der Waals surface area contributed by atoms with Crippen molar-refractivity contribution in [3.8, 4) is 11.3 Å². The van der Waals surface area contributed by atoms with Gasteiger partial charge < -0.3 is 14.4 Å². The molecular weight excluding hydrogens is 490 g/mol. The number of carboxylic acids is 1. The Morgan fingerprint density at radius 3 is 2.67 bits per heavy atom. The molecule has 0 radical (unpaired) electrons. The third-order valence-electron chi connectivity index (χ3n) is 8.74. The van der Waals surface area contributed by atoms with Gasteiger partial charge in [-0.15, -0.1) is 10.2 Å². The van der Waals surface area contributed by atoms with Gasteiger partial charge in [0.2, 0.25) is 5.82 Å². The number of tetrazole rings is 1. The molecule has 1 aliphatic carbocycles. The molecule has 1 saturated carbocycles. The van der Waals surface area contributed by atoms with Crippen LogP contribution >= 0.6 is 0 Å². The van der Waals surface area contributed by atoms with Crippen molar-refractivity contribution in [1.82, 2.24) is 24.8 Å². The highest BCUT2D eigenvalue weighted by Gasteiger charge is 2.30. The summed E-state index contributed by atoms with van der Waals surface area (Å²) in [7, 11) is 0. The zero-order chi connectivity index (χ0) is 26.3. The normalized spacial score (nSPS) is 18.4. The molecule has 0 bridgehead atoms. The van der Waals surface area contributed by atoms with Crippen molar-refractivity contribution in [3.05, 3.63) is 65.0 Å². The predicted molar refractivity (Wildman–Crippen MR) is 149 cm³/mol. The Hall–Kier alpha value is -3.78. The summed E-state index contributed by atoms with van der Waals surface area (Å²) >= 11 is 0. The summed E-state index contributed by atoms with van der Waals surface area (Å²) in [5.74, 6) is 0.674. The molecule has 2 aliphatic heterocycles. The minimum Gasteiger partial charge on any atom is -0.478 e. The van der Waals surface area contributed by atoms with Crippen molar-refractivity contribution in [1.29, 1.82) is 0 Å². The maximum absolute atomic E-state index is 12.0. The number of hydrogen-bond acceptors (Lipinski definition) is 5. The van der Waals surface area contributed by atoms with Gasteiger partial charge in [-0.1, -0.05) is 49.6 Å². The van der Waals surface area contributed by atoms with Crippen LogP contribution in [0, 0.1) is 5.92 Å². The first-order valence-electron chi connectivity index (χ1n) is 14.2. The van der Waals surface area contributed by atoms with Crippen LogP contribution in [0.2, 0.25) is 0 Å². The zero-order valence-electron chi connectivity index (χ0n) is 22.1. The van der Waals surface area contributed by atoms with Crippen LogP contribution in [0.1, 0.15) is 78.2 Å². The molecule has 0 unspecified atom stereocenters. The van der Waals surface area contributed by atoms with Crippen LogP contribution in [-0.2, 0) is 17.8 Å². The van der Waals surface area contributed by atoms with Gasteiger partial charge in [0.1, 0.15) is 0 Å². The van der Waals surface area contributed by atoms with Crippen LogP contribution in [0.3, 0.4) is 0 Å². The van der Waals surface area contributed by atoms with Crippen molar-refractivity contribution in [2.24, 2.45) is 5.92 Å². The maximum atomic E-state index is 12.0. The molecular formula is C31H33N5O3. The molecule has 2 aromatic carbocycles. The SMILES string of the molecule is O=C(O)c1ccc2c(C3CCCCC3)c3n(c2c1)CC(c1nnn(CC2CCOCC2)n1)=Cc1ccccc1-3. The number of ether oxygens (including phenoxy) is 1. The number of hydrogen-bond donors (Lipinski definition) is 1. The number of carboxylic acid groups (broad SMARTS) is 1. The topological polar surface area (TPSA) is 95.1 Å². The fourth-order valence-electron chi connectivity index (χ4n) is 6.75. The third kappa shape index (κ3) is 4.46. The van der Waals surface area contributed by atoms with Crippen LogP contribution in [0.15, 0.2) is 42.5 Å². The Labute approximate surface area is 227 Å². The predicted octanol–water partition coefficient (Wildman–Crippen LogP) is 6.02. The van der Waals surface area contributed by atoms with Gasteiger partial charge in [-0.2, -0.15) is 4.80 Å². The van der Waals surface area contributed by atoms with Crippen molar-refractivity contribution >= 4 is 28.5 Å². The quantitative estimate of drug-likeness (QED) is 0.344. The van der Waals surface area contributed by atoms with E-state index in [1.165, 1.54) is 36.1 Å². The maximum Gasteiger partial charge on any atom is 0.335 e. The van der Waals surface area contributed by atoms with Gasteiger partial charge in [0.25, 0.3) is 0 Å². The Morgan fingerprint density at radius 2 is 1.85 bits per heavy atom. The molecule has 7 rings (SSSR count). The van der Waals surface area contributed by atoms with E-state index in [0.717, 1.165) is 67.5 Å². The summed E-state index contributed by atoms with van der Waals surface area (Å²) in [5.41, 5.74) is 7.12. The van der Waals surface area contributed by atoms with Crippen molar-refractivity contribution < 1.29 is 14.6 Å². The van der Waals surface area contributed by atoms with Crippen molar-refractivity contribution in [2.45, 2.75) is 64.0 Å². The Morgan fingerprint density at radius 1 is 1.03 bits per heavy atom. The molecule has 0 amide bonds. The molecule has 0 atom stereocenters. The van der Waals surface area contributed by atoms with E-state index in [-0.39, 0.29) is 0 Å². The Bertz CT molecular complexity index is 1570. The van der Waals surface area contributed by atoms with Gasteiger partial charge in [0, 0.05) is 35.3 Å². The molecule has 3 aliphatic rings. The van der Waals surface area contributed by atoms with Gasteiger partial charge in [-0.3, -0.25) is 0 Å². The molecule has 2 fully saturated rings. The summed E-state index contributed by atoms with van der Waals surface area (Å²) in [6.45, 7) is 2.88. The second-order valence-corrected chi connectivity index (χ2v) is 11.2. The van der Waals surface area contributed by atoms with E-state index in [2.05, 4.69) is 45.2 Å². The summed E-state index contributed by atoms with van der Waals surface area (Å²) in [6.07, 6.45) is 10.3. The molecule has 39 heavy (non-hydrogen) atoms. The number of rotatable bonds is 5. The van der Waals surface area contributed by atoms with E-state index < -0.39 is 5.97 Å². The van der Waals surface area contributed by atoms with Gasteiger partial charge in [0.15, 0.2) is 0 Å². The molecule has 8 nitrogen and oxygen atoms in total. The van der Waals surface area contributed by atoms with E-state index in [4.69, 9.17) is 9.84 Å². The van der Waals surface area contributed by atoms with Crippen LogP contribution in [0.25, 0.3) is 33.8 Å². The highest BCUT2D eigenvalue weighted by molar-refractivity contribution is 6.00. The first-order chi connectivity index (χ1) is 19.2. The lowest BCUT2D eigenvalue weighted by molar-refractivity contribution is 0.0585. The van der Waals surface area contributed by atoms with Gasteiger partial charge in [-0.05, 0) is 72.1 Å². The van der Waals surface area contributed by atoms with E-state index in [1.807, 2.05) is 12.1 Å². The average Bonchev–Trinajstić information content (AvgIpc) is 3.51. The fraction of sp³-hybridized carbons (Fsp3) is 0.419. The summed E-state index contributed by atoms with van der Waals surface area (Å²) in [5, 5.41) is 24.7. The molecule has 2 aromatic heterocycles. The van der Waals surface area contributed by atoms with Crippen LogP contribution in [-0.4, -0.2) is 49.1 Å². The zero-order valence-corrected chi connectivity index (χ0v) is 22.1. The monoisotopic (exact) mass is 523 g/mol. The third-order valence-corrected chi connectivity index (χ3v) is 8.74. The lowest BCUT2D eigenvalue weighted by Crippen LogP contribution is -2.21. The number of fused-ring (bicyclic) bond motifs is 5. The number of allylic oxidation sites excluding steroid dienone is 1. The fourth-order valence-corrected chi connectivity index (χ4v) is 6.75. The molecule has 4 heterocycles. The van der Waals surface area contributed by atoms with Gasteiger partial charge in [0.05, 0.1) is 24.3 Å². The summed E-state index contributed by atoms with van der Waals surface area (Å²) in [4.78, 5) is 13.7. The van der Waals surface area contributed by atoms with Gasteiger partial charge in [-0.25, -0.2) is 4.79 Å².